The highest BCUT2D eigenvalue weighted by Gasteiger charge is 2.06. The van der Waals surface area contributed by atoms with E-state index in [9.17, 15) is 4.39 Å². The minimum absolute atomic E-state index is 0.0417. The van der Waals surface area contributed by atoms with E-state index in [1.165, 1.54) is 29.5 Å². The first-order valence-electron chi connectivity index (χ1n) is 5.83. The van der Waals surface area contributed by atoms with Crippen molar-refractivity contribution in [2.45, 2.75) is 20.0 Å². The second kappa shape index (κ2) is 6.68. The predicted octanol–water partition coefficient (Wildman–Crippen LogP) is 3.73. The van der Waals surface area contributed by atoms with Crippen molar-refractivity contribution in [3.05, 3.63) is 34.0 Å². The maximum absolute atomic E-state index is 13.0. The summed E-state index contributed by atoms with van der Waals surface area (Å²) in [4.78, 5) is 0. The molecule has 0 fully saturated rings. The van der Waals surface area contributed by atoms with Crippen LogP contribution in [-0.2, 0) is 6.61 Å². The number of hydrogen-bond donors (Lipinski definition) is 1. The normalized spacial score (nSPS) is 10.5. The molecule has 1 heterocycles. The average Bonchev–Trinajstić information content (AvgIpc) is 2.86. The summed E-state index contributed by atoms with van der Waals surface area (Å²) in [6.07, 6.45) is 1.03. The number of benzene rings is 1. The zero-order valence-electron chi connectivity index (χ0n) is 10.3. The van der Waals surface area contributed by atoms with Crippen LogP contribution in [0.3, 0.4) is 0 Å². The van der Waals surface area contributed by atoms with Crippen molar-refractivity contribution in [1.82, 2.24) is 10.2 Å². The van der Waals surface area contributed by atoms with E-state index in [1.54, 1.807) is 0 Å². The molecule has 4 nitrogen and oxygen atoms in total. The number of aromatic nitrogens is 2. The van der Waals surface area contributed by atoms with Crippen molar-refractivity contribution in [1.29, 1.82) is 0 Å². The molecule has 7 heteroatoms. The zero-order chi connectivity index (χ0) is 13.7. The second-order valence-electron chi connectivity index (χ2n) is 3.79. The third kappa shape index (κ3) is 4.04. The van der Waals surface area contributed by atoms with Gasteiger partial charge in [-0.05, 0) is 18.6 Å². The van der Waals surface area contributed by atoms with Crippen LogP contribution in [-0.4, -0.2) is 16.7 Å². The Morgan fingerprint density at radius 2 is 2.26 bits per heavy atom. The van der Waals surface area contributed by atoms with Crippen LogP contribution in [0.5, 0.6) is 5.75 Å². The molecule has 0 aliphatic heterocycles. The minimum Gasteiger partial charge on any atom is -0.486 e. The van der Waals surface area contributed by atoms with E-state index in [1.807, 2.05) is 0 Å². The van der Waals surface area contributed by atoms with E-state index >= 15 is 0 Å². The number of nitrogens with zero attached hydrogens (tertiary/aromatic N) is 2. The Bertz CT molecular complexity index is 550. The highest BCUT2D eigenvalue weighted by Crippen LogP contribution is 2.23. The highest BCUT2D eigenvalue weighted by molar-refractivity contribution is 7.15. The number of anilines is 1. The smallest absolute Gasteiger partial charge is 0.205 e. The second-order valence-corrected chi connectivity index (χ2v) is 5.26. The summed E-state index contributed by atoms with van der Waals surface area (Å²) in [5, 5.41) is 12.7. The molecule has 0 radical (unpaired) electrons. The molecule has 0 saturated carbocycles. The fraction of sp³-hybridized carbons (Fsp3) is 0.333. The Hall–Kier alpha value is -1.40. The van der Waals surface area contributed by atoms with Gasteiger partial charge in [-0.1, -0.05) is 29.9 Å². The molecule has 0 atom stereocenters. The van der Waals surface area contributed by atoms with Gasteiger partial charge in [0.2, 0.25) is 5.13 Å². The van der Waals surface area contributed by atoms with Crippen molar-refractivity contribution < 1.29 is 9.13 Å². The average molecular weight is 302 g/mol. The molecule has 19 heavy (non-hydrogen) atoms. The van der Waals surface area contributed by atoms with E-state index in [4.69, 9.17) is 16.3 Å². The van der Waals surface area contributed by atoms with Gasteiger partial charge in [0, 0.05) is 12.6 Å². The molecule has 0 bridgehead atoms. The number of halogens is 2. The third-order valence-corrected chi connectivity index (χ3v) is 3.39. The first-order valence-corrected chi connectivity index (χ1v) is 7.02. The van der Waals surface area contributed by atoms with Gasteiger partial charge < -0.3 is 10.1 Å². The minimum atomic E-state index is -0.462. The largest absolute Gasteiger partial charge is 0.486 e. The third-order valence-electron chi connectivity index (χ3n) is 2.25. The summed E-state index contributed by atoms with van der Waals surface area (Å²) in [6.45, 7) is 3.23. The van der Waals surface area contributed by atoms with Crippen molar-refractivity contribution >= 4 is 28.1 Å². The fourth-order valence-electron chi connectivity index (χ4n) is 1.33. The first-order chi connectivity index (χ1) is 9.19. The van der Waals surface area contributed by atoms with Crippen LogP contribution >= 0.6 is 22.9 Å². The Labute approximate surface area is 119 Å². The highest BCUT2D eigenvalue weighted by atomic mass is 35.5. The molecule has 0 spiro atoms. The summed E-state index contributed by atoms with van der Waals surface area (Å²) in [6, 6.07) is 4.23. The molecule has 102 valence electrons. The zero-order valence-corrected chi connectivity index (χ0v) is 11.9. The van der Waals surface area contributed by atoms with Crippen LogP contribution < -0.4 is 10.1 Å². The van der Waals surface area contributed by atoms with Crippen LogP contribution in [0.25, 0.3) is 0 Å². The molecule has 1 aromatic carbocycles. The van der Waals surface area contributed by atoms with E-state index in [-0.39, 0.29) is 11.6 Å². The standard InChI is InChI=1S/C12H13ClFN3OS/c1-2-5-15-12-17-16-11(19-12)7-18-8-3-4-10(14)9(13)6-8/h3-4,6H,2,5,7H2,1H3,(H,15,17). The summed E-state index contributed by atoms with van der Waals surface area (Å²) < 4.78 is 18.4. The van der Waals surface area contributed by atoms with E-state index in [0.29, 0.717) is 5.75 Å². The van der Waals surface area contributed by atoms with Crippen LogP contribution in [0.4, 0.5) is 9.52 Å². The summed E-state index contributed by atoms with van der Waals surface area (Å²) in [5.41, 5.74) is 0. The van der Waals surface area contributed by atoms with Gasteiger partial charge in [0.25, 0.3) is 0 Å². The molecule has 2 aromatic rings. The monoisotopic (exact) mass is 301 g/mol. The van der Waals surface area contributed by atoms with Gasteiger partial charge in [-0.2, -0.15) is 0 Å². The molecule has 1 N–H and O–H groups in total. The lowest BCUT2D eigenvalue weighted by atomic mass is 10.3. The SMILES string of the molecule is CCCNc1nnc(COc2ccc(F)c(Cl)c2)s1. The maximum atomic E-state index is 13.0. The Kier molecular flexibility index (Phi) is 4.93. The lowest BCUT2D eigenvalue weighted by Crippen LogP contribution is -1.98. The number of ether oxygens (including phenoxy) is 1. The maximum Gasteiger partial charge on any atom is 0.205 e. The van der Waals surface area contributed by atoms with Gasteiger partial charge in [-0.15, -0.1) is 10.2 Å². The number of nitrogens with one attached hydrogen (secondary N) is 1. The molecular weight excluding hydrogens is 289 g/mol. The molecule has 2 rings (SSSR count). The predicted molar refractivity (Wildman–Crippen MR) is 74.4 cm³/mol. The van der Waals surface area contributed by atoms with E-state index in [2.05, 4.69) is 22.4 Å². The van der Waals surface area contributed by atoms with Crippen LogP contribution in [0.2, 0.25) is 5.02 Å². The van der Waals surface area contributed by atoms with Crippen molar-refractivity contribution in [3.63, 3.8) is 0 Å². The first kappa shape index (κ1) is 14.0. The quantitative estimate of drug-likeness (QED) is 0.883. The molecular formula is C12H13ClFN3OS. The van der Waals surface area contributed by atoms with E-state index < -0.39 is 5.82 Å². The topological polar surface area (TPSA) is 47.0 Å². The van der Waals surface area contributed by atoms with Crippen molar-refractivity contribution in [2.75, 3.05) is 11.9 Å². The lowest BCUT2D eigenvalue weighted by molar-refractivity contribution is 0.304. The number of hydrogen-bond acceptors (Lipinski definition) is 5. The fourth-order valence-corrected chi connectivity index (χ4v) is 2.18. The Morgan fingerprint density at radius 1 is 1.42 bits per heavy atom. The number of rotatable bonds is 6. The van der Waals surface area contributed by atoms with Gasteiger partial charge in [0.1, 0.15) is 18.2 Å². The summed E-state index contributed by atoms with van der Waals surface area (Å²) in [7, 11) is 0. The van der Waals surface area contributed by atoms with Gasteiger partial charge in [0.15, 0.2) is 5.01 Å². The van der Waals surface area contributed by atoms with Crippen LogP contribution in [0.1, 0.15) is 18.4 Å². The van der Waals surface area contributed by atoms with Crippen molar-refractivity contribution in [2.24, 2.45) is 0 Å². The molecule has 0 unspecified atom stereocenters. The van der Waals surface area contributed by atoms with Crippen LogP contribution in [0.15, 0.2) is 18.2 Å². The van der Waals surface area contributed by atoms with Gasteiger partial charge >= 0.3 is 0 Å². The molecule has 0 aliphatic rings. The molecule has 0 amide bonds. The molecule has 1 aromatic heterocycles. The van der Waals surface area contributed by atoms with Gasteiger partial charge in [-0.25, -0.2) is 4.39 Å². The van der Waals surface area contributed by atoms with Gasteiger partial charge in [0.05, 0.1) is 5.02 Å². The van der Waals surface area contributed by atoms with Crippen LogP contribution in [0, 0.1) is 5.82 Å². The van der Waals surface area contributed by atoms with E-state index in [0.717, 1.165) is 23.1 Å². The summed E-state index contributed by atoms with van der Waals surface area (Å²) >= 11 is 7.10. The summed E-state index contributed by atoms with van der Waals surface area (Å²) in [5.74, 6) is 0.0423. The Morgan fingerprint density at radius 3 is 3.00 bits per heavy atom. The van der Waals surface area contributed by atoms with Crippen molar-refractivity contribution in [3.8, 4) is 5.75 Å². The Balaban J connectivity index is 1.91. The lowest BCUT2D eigenvalue weighted by Gasteiger charge is -2.04. The van der Waals surface area contributed by atoms with Gasteiger partial charge in [-0.3, -0.25) is 0 Å². The molecule has 0 aliphatic carbocycles. The molecule has 0 saturated heterocycles.